The highest BCUT2D eigenvalue weighted by Gasteiger charge is 2.33. The fourth-order valence-electron chi connectivity index (χ4n) is 1.96. The van der Waals surface area contributed by atoms with Crippen molar-refractivity contribution in [2.75, 3.05) is 0 Å². The Morgan fingerprint density at radius 2 is 2.11 bits per heavy atom. The number of ketones is 1. The topological polar surface area (TPSA) is 72.5 Å². The zero-order chi connectivity index (χ0) is 13.5. The highest BCUT2D eigenvalue weighted by Crippen LogP contribution is 2.14. The number of unbranched alkanes of at least 4 members (excludes halogenated alkanes) is 2. The summed E-state index contributed by atoms with van der Waals surface area (Å²) in [6, 6.07) is -0.587. The quantitative estimate of drug-likeness (QED) is 0.423. The largest absolute Gasteiger partial charge is 0.461 e. The summed E-state index contributed by atoms with van der Waals surface area (Å²) < 4.78 is 4.92. The standard InChI is InChI=1S/C13H21NO4/c1-3-4-5-6-10(15)8-12(16)14-11-7-9(2)18-13(11)17/h9,11H,3-8H2,1-2H3,(H,14,16)/t9-,11+/m0/s1. The first-order valence-corrected chi connectivity index (χ1v) is 6.54. The number of carbonyl (C=O) groups excluding carboxylic acids is 3. The van der Waals surface area contributed by atoms with Gasteiger partial charge in [0.05, 0.1) is 6.42 Å². The second-order valence-corrected chi connectivity index (χ2v) is 4.78. The minimum Gasteiger partial charge on any atom is -0.461 e. The number of rotatable bonds is 7. The van der Waals surface area contributed by atoms with Crippen molar-refractivity contribution in [1.82, 2.24) is 5.32 Å². The summed E-state index contributed by atoms with van der Waals surface area (Å²) >= 11 is 0. The third-order valence-electron chi connectivity index (χ3n) is 2.92. The summed E-state index contributed by atoms with van der Waals surface area (Å²) in [7, 11) is 0. The van der Waals surface area contributed by atoms with E-state index in [1.807, 2.05) is 0 Å². The zero-order valence-corrected chi connectivity index (χ0v) is 11.0. The maximum Gasteiger partial charge on any atom is 0.329 e. The lowest BCUT2D eigenvalue weighted by molar-refractivity contribution is -0.144. The Bertz CT molecular complexity index is 327. The van der Waals surface area contributed by atoms with Gasteiger partial charge in [0.2, 0.25) is 5.91 Å². The summed E-state index contributed by atoms with van der Waals surface area (Å²) in [5.41, 5.74) is 0. The molecule has 1 N–H and O–H groups in total. The van der Waals surface area contributed by atoms with Crippen LogP contribution in [-0.2, 0) is 19.1 Å². The van der Waals surface area contributed by atoms with E-state index < -0.39 is 12.0 Å². The van der Waals surface area contributed by atoms with Gasteiger partial charge in [-0.2, -0.15) is 0 Å². The molecule has 1 amide bonds. The molecule has 0 aromatic rings. The number of nitrogens with one attached hydrogen (secondary N) is 1. The molecule has 0 saturated carbocycles. The van der Waals surface area contributed by atoms with Crippen molar-refractivity contribution in [2.24, 2.45) is 0 Å². The number of hydrogen-bond donors (Lipinski definition) is 1. The van der Waals surface area contributed by atoms with E-state index in [1.54, 1.807) is 6.92 Å². The smallest absolute Gasteiger partial charge is 0.329 e. The lowest BCUT2D eigenvalue weighted by Gasteiger charge is -2.08. The van der Waals surface area contributed by atoms with Gasteiger partial charge in [0.1, 0.15) is 17.9 Å². The summed E-state index contributed by atoms with van der Waals surface area (Å²) in [5.74, 6) is -0.859. The predicted octanol–water partition coefficient (Wildman–Crippen LogP) is 1.35. The average molecular weight is 255 g/mol. The third kappa shape index (κ3) is 4.85. The Kier molecular flexibility index (Phi) is 5.82. The molecule has 1 aliphatic rings. The van der Waals surface area contributed by atoms with Gasteiger partial charge in [-0.3, -0.25) is 9.59 Å². The molecule has 1 fully saturated rings. The van der Waals surface area contributed by atoms with Gasteiger partial charge in [-0.1, -0.05) is 19.8 Å². The molecule has 102 valence electrons. The van der Waals surface area contributed by atoms with Gasteiger partial charge in [0.15, 0.2) is 0 Å². The third-order valence-corrected chi connectivity index (χ3v) is 2.92. The van der Waals surface area contributed by atoms with E-state index in [0.29, 0.717) is 12.8 Å². The van der Waals surface area contributed by atoms with Crippen molar-refractivity contribution in [3.8, 4) is 0 Å². The highest BCUT2D eigenvalue weighted by atomic mass is 16.6. The molecule has 0 unspecified atom stereocenters. The number of carbonyl (C=O) groups is 3. The van der Waals surface area contributed by atoms with Crippen LogP contribution in [-0.4, -0.2) is 29.8 Å². The molecule has 0 aliphatic carbocycles. The van der Waals surface area contributed by atoms with Gasteiger partial charge in [-0.15, -0.1) is 0 Å². The zero-order valence-electron chi connectivity index (χ0n) is 11.0. The molecule has 18 heavy (non-hydrogen) atoms. The van der Waals surface area contributed by atoms with Crippen LogP contribution in [0.2, 0.25) is 0 Å². The van der Waals surface area contributed by atoms with Crippen molar-refractivity contribution in [3.05, 3.63) is 0 Å². The Hall–Kier alpha value is -1.39. The van der Waals surface area contributed by atoms with Crippen LogP contribution in [0.1, 0.15) is 52.4 Å². The molecule has 2 atom stereocenters. The van der Waals surface area contributed by atoms with E-state index in [-0.39, 0.29) is 24.2 Å². The lowest BCUT2D eigenvalue weighted by Crippen LogP contribution is -2.38. The van der Waals surface area contributed by atoms with Crippen LogP contribution in [0.15, 0.2) is 0 Å². The number of amides is 1. The van der Waals surface area contributed by atoms with Crippen molar-refractivity contribution in [2.45, 2.75) is 64.5 Å². The molecular formula is C13H21NO4. The Balaban J connectivity index is 2.25. The first kappa shape index (κ1) is 14.7. The van der Waals surface area contributed by atoms with Crippen molar-refractivity contribution < 1.29 is 19.1 Å². The van der Waals surface area contributed by atoms with E-state index >= 15 is 0 Å². The van der Waals surface area contributed by atoms with Gasteiger partial charge in [0, 0.05) is 12.8 Å². The van der Waals surface area contributed by atoms with Gasteiger partial charge in [-0.25, -0.2) is 4.79 Å². The van der Waals surface area contributed by atoms with E-state index in [0.717, 1.165) is 19.3 Å². The summed E-state index contributed by atoms with van der Waals surface area (Å²) in [4.78, 5) is 34.3. The molecule has 5 nitrogen and oxygen atoms in total. The number of ether oxygens (including phenoxy) is 1. The van der Waals surface area contributed by atoms with Gasteiger partial charge < -0.3 is 10.1 Å². The van der Waals surface area contributed by atoms with Crippen LogP contribution in [0.3, 0.4) is 0 Å². The number of Topliss-reactive ketones (excluding diaryl/α,β-unsaturated/α-hetero) is 1. The maximum absolute atomic E-state index is 11.6. The Morgan fingerprint density at radius 1 is 1.39 bits per heavy atom. The lowest BCUT2D eigenvalue weighted by atomic mass is 10.1. The predicted molar refractivity (Wildman–Crippen MR) is 65.9 cm³/mol. The van der Waals surface area contributed by atoms with Crippen LogP contribution in [0.4, 0.5) is 0 Å². The van der Waals surface area contributed by atoms with E-state index in [1.165, 1.54) is 0 Å². The van der Waals surface area contributed by atoms with Gasteiger partial charge in [-0.05, 0) is 13.3 Å². The number of cyclic esters (lactones) is 1. The fourth-order valence-corrected chi connectivity index (χ4v) is 1.96. The first-order chi connectivity index (χ1) is 8.52. The van der Waals surface area contributed by atoms with E-state index in [9.17, 15) is 14.4 Å². The first-order valence-electron chi connectivity index (χ1n) is 6.54. The fraction of sp³-hybridized carbons (Fsp3) is 0.769. The SMILES string of the molecule is CCCCCC(=O)CC(=O)N[C@@H]1C[C@H](C)OC1=O. The van der Waals surface area contributed by atoms with Crippen LogP contribution < -0.4 is 5.32 Å². The molecule has 0 aromatic carbocycles. The minimum absolute atomic E-state index is 0.0691. The van der Waals surface area contributed by atoms with E-state index in [2.05, 4.69) is 12.2 Å². The molecular weight excluding hydrogens is 234 g/mol. The Morgan fingerprint density at radius 3 is 2.67 bits per heavy atom. The molecule has 1 saturated heterocycles. The summed E-state index contributed by atoms with van der Waals surface area (Å²) in [6.45, 7) is 3.84. The monoisotopic (exact) mass is 255 g/mol. The minimum atomic E-state index is -0.587. The van der Waals surface area contributed by atoms with Crippen molar-refractivity contribution in [1.29, 1.82) is 0 Å². The molecule has 1 heterocycles. The van der Waals surface area contributed by atoms with Crippen molar-refractivity contribution >= 4 is 17.7 Å². The molecule has 5 heteroatoms. The van der Waals surface area contributed by atoms with Gasteiger partial charge in [0.25, 0.3) is 0 Å². The average Bonchev–Trinajstić information content (AvgIpc) is 2.57. The summed E-state index contributed by atoms with van der Waals surface area (Å²) in [6.07, 6.45) is 3.49. The van der Waals surface area contributed by atoms with Crippen LogP contribution in [0.5, 0.6) is 0 Å². The molecule has 1 rings (SSSR count). The van der Waals surface area contributed by atoms with E-state index in [4.69, 9.17) is 4.74 Å². The molecule has 0 radical (unpaired) electrons. The molecule has 0 aromatic heterocycles. The van der Waals surface area contributed by atoms with Crippen molar-refractivity contribution in [3.63, 3.8) is 0 Å². The number of esters is 1. The maximum atomic E-state index is 11.6. The van der Waals surface area contributed by atoms with Gasteiger partial charge >= 0.3 is 5.97 Å². The Labute approximate surface area is 107 Å². The number of hydrogen-bond acceptors (Lipinski definition) is 4. The second-order valence-electron chi connectivity index (χ2n) is 4.78. The normalized spacial score (nSPS) is 22.7. The molecule has 0 spiro atoms. The van der Waals surface area contributed by atoms with Crippen LogP contribution >= 0.6 is 0 Å². The van der Waals surface area contributed by atoms with Crippen LogP contribution in [0, 0.1) is 0 Å². The highest BCUT2D eigenvalue weighted by molar-refractivity contribution is 5.99. The molecule has 1 aliphatic heterocycles. The second kappa shape index (κ2) is 7.13. The summed E-state index contributed by atoms with van der Waals surface area (Å²) in [5, 5.41) is 2.55. The molecule has 0 bridgehead atoms. The van der Waals surface area contributed by atoms with Crippen LogP contribution in [0.25, 0.3) is 0 Å².